The van der Waals surface area contributed by atoms with Crippen LogP contribution in [0.25, 0.3) is 0 Å². The molecule has 0 aliphatic carbocycles. The number of rotatable bonds is 7. The first-order valence-electron chi connectivity index (χ1n) is 9.51. The molecule has 8 heteroatoms. The van der Waals surface area contributed by atoms with Crippen molar-refractivity contribution >= 4 is 23.6 Å². The average Bonchev–Trinajstić information content (AvgIpc) is 3.14. The van der Waals surface area contributed by atoms with Crippen LogP contribution in [0, 0.1) is 13.8 Å². The number of amides is 2. The predicted octanol–water partition coefficient (Wildman–Crippen LogP) is 2.58. The van der Waals surface area contributed by atoms with Crippen molar-refractivity contribution in [3.63, 3.8) is 0 Å². The maximum atomic E-state index is 12.6. The number of aryl methyl sites for hydroxylation is 1. The number of ketones is 1. The van der Waals surface area contributed by atoms with Gasteiger partial charge in [-0.15, -0.1) is 0 Å². The van der Waals surface area contributed by atoms with E-state index in [1.807, 2.05) is 25.3 Å². The molecular formula is C22H24N2O6. The van der Waals surface area contributed by atoms with Gasteiger partial charge in [0, 0.05) is 31.1 Å². The molecule has 2 aromatic rings. The first-order valence-corrected chi connectivity index (χ1v) is 9.51. The van der Waals surface area contributed by atoms with Gasteiger partial charge >= 0.3 is 5.97 Å². The predicted molar refractivity (Wildman–Crippen MR) is 108 cm³/mol. The van der Waals surface area contributed by atoms with Crippen LogP contribution in [0.4, 0.5) is 0 Å². The summed E-state index contributed by atoms with van der Waals surface area (Å²) in [4.78, 5) is 50.1. The second-order valence-electron chi connectivity index (χ2n) is 7.39. The van der Waals surface area contributed by atoms with Crippen molar-refractivity contribution in [3.8, 4) is 0 Å². The number of ether oxygens (including phenoxy) is 2. The highest BCUT2D eigenvalue weighted by molar-refractivity contribution is 6.21. The molecule has 1 unspecified atom stereocenters. The number of fused-ring (bicyclic) bond motifs is 1. The van der Waals surface area contributed by atoms with Crippen molar-refractivity contribution in [2.75, 3.05) is 27.4 Å². The molecule has 0 spiro atoms. The Labute approximate surface area is 174 Å². The fourth-order valence-corrected chi connectivity index (χ4v) is 3.83. The average molecular weight is 412 g/mol. The van der Waals surface area contributed by atoms with Crippen LogP contribution in [0.3, 0.4) is 0 Å². The summed E-state index contributed by atoms with van der Waals surface area (Å²) in [7, 11) is 3.00. The topological polar surface area (TPSA) is 94.9 Å². The normalized spacial score (nSPS) is 14.1. The van der Waals surface area contributed by atoms with E-state index in [2.05, 4.69) is 0 Å². The number of carbonyl (C=O) groups excluding carboxylic acids is 4. The summed E-state index contributed by atoms with van der Waals surface area (Å²) in [5.41, 5.74) is 2.68. The standard InChI is InChI=1S/C22H24N2O6/c1-12-8-17(14(3)24(12)13(2)10-29-5)19(25)11-30-22(28)15-6-7-16-18(9-15)21(27)23(4)20(16)26/h6-9,13H,10-11H2,1-5H3. The van der Waals surface area contributed by atoms with E-state index in [1.165, 1.54) is 25.2 Å². The Bertz CT molecular complexity index is 1050. The summed E-state index contributed by atoms with van der Waals surface area (Å²) in [6.07, 6.45) is 0. The summed E-state index contributed by atoms with van der Waals surface area (Å²) in [6.45, 7) is 5.82. The van der Waals surface area contributed by atoms with Crippen molar-refractivity contribution in [1.29, 1.82) is 0 Å². The second kappa shape index (κ2) is 8.23. The molecule has 30 heavy (non-hydrogen) atoms. The smallest absolute Gasteiger partial charge is 0.338 e. The van der Waals surface area contributed by atoms with Gasteiger partial charge in [-0.25, -0.2) is 4.79 Å². The van der Waals surface area contributed by atoms with E-state index < -0.39 is 24.4 Å². The van der Waals surface area contributed by atoms with E-state index in [1.54, 1.807) is 13.2 Å². The van der Waals surface area contributed by atoms with E-state index in [-0.39, 0.29) is 28.5 Å². The number of benzene rings is 1. The first kappa shape index (κ1) is 21.4. The summed E-state index contributed by atoms with van der Waals surface area (Å²) < 4.78 is 12.4. The maximum absolute atomic E-state index is 12.6. The fraction of sp³-hybridized carbons (Fsp3) is 0.364. The summed E-state index contributed by atoms with van der Waals surface area (Å²) in [6, 6.07) is 5.98. The lowest BCUT2D eigenvalue weighted by atomic mass is 10.1. The Morgan fingerprint density at radius 2 is 1.73 bits per heavy atom. The van der Waals surface area contributed by atoms with Gasteiger partial charge in [0.1, 0.15) is 0 Å². The number of carbonyl (C=O) groups is 4. The van der Waals surface area contributed by atoms with Gasteiger partial charge in [-0.05, 0) is 45.0 Å². The summed E-state index contributed by atoms with van der Waals surface area (Å²) in [5.74, 6) is -1.94. The van der Waals surface area contributed by atoms with Gasteiger partial charge in [-0.2, -0.15) is 0 Å². The number of esters is 1. The molecule has 0 saturated carbocycles. The van der Waals surface area contributed by atoms with Gasteiger partial charge in [0.05, 0.1) is 29.3 Å². The van der Waals surface area contributed by atoms with Crippen LogP contribution >= 0.6 is 0 Å². The van der Waals surface area contributed by atoms with E-state index in [4.69, 9.17) is 9.47 Å². The van der Waals surface area contributed by atoms with E-state index >= 15 is 0 Å². The molecule has 158 valence electrons. The quantitative estimate of drug-likeness (QED) is 0.394. The highest BCUT2D eigenvalue weighted by Crippen LogP contribution is 2.24. The molecular weight excluding hydrogens is 388 g/mol. The minimum absolute atomic E-state index is 0.0592. The highest BCUT2D eigenvalue weighted by Gasteiger charge is 2.33. The number of imide groups is 1. The number of aromatic nitrogens is 1. The lowest BCUT2D eigenvalue weighted by Gasteiger charge is -2.17. The zero-order valence-electron chi connectivity index (χ0n) is 17.6. The number of Topliss-reactive ketones (excluding diaryl/α,β-unsaturated/α-hetero) is 1. The second-order valence-corrected chi connectivity index (χ2v) is 7.39. The monoisotopic (exact) mass is 412 g/mol. The molecule has 0 N–H and O–H groups in total. The minimum Gasteiger partial charge on any atom is -0.454 e. The SMILES string of the molecule is COCC(C)n1c(C)cc(C(=O)COC(=O)c2ccc3c(c2)C(=O)N(C)C3=O)c1C. The van der Waals surface area contributed by atoms with Crippen LogP contribution in [0.2, 0.25) is 0 Å². The maximum Gasteiger partial charge on any atom is 0.338 e. The molecule has 0 bridgehead atoms. The van der Waals surface area contributed by atoms with Crippen molar-refractivity contribution in [3.05, 3.63) is 57.9 Å². The summed E-state index contributed by atoms with van der Waals surface area (Å²) >= 11 is 0. The van der Waals surface area contributed by atoms with Crippen LogP contribution in [0.5, 0.6) is 0 Å². The van der Waals surface area contributed by atoms with Crippen LogP contribution in [0.15, 0.2) is 24.3 Å². The Balaban J connectivity index is 1.72. The zero-order chi connectivity index (χ0) is 22.2. The Kier molecular flexibility index (Phi) is 5.89. The Morgan fingerprint density at radius 3 is 2.40 bits per heavy atom. The molecule has 1 aliphatic rings. The molecule has 0 fully saturated rings. The molecule has 0 radical (unpaired) electrons. The minimum atomic E-state index is -0.734. The van der Waals surface area contributed by atoms with Crippen molar-refractivity contribution in [2.45, 2.75) is 26.8 Å². The van der Waals surface area contributed by atoms with E-state index in [9.17, 15) is 19.2 Å². The van der Waals surface area contributed by atoms with Gasteiger partial charge < -0.3 is 14.0 Å². The van der Waals surface area contributed by atoms with Gasteiger partial charge in [-0.1, -0.05) is 0 Å². The molecule has 1 aromatic heterocycles. The lowest BCUT2D eigenvalue weighted by Crippen LogP contribution is -2.24. The fourth-order valence-electron chi connectivity index (χ4n) is 3.83. The molecule has 0 saturated heterocycles. The number of methoxy groups -OCH3 is 1. The first-order chi connectivity index (χ1) is 14.2. The van der Waals surface area contributed by atoms with Crippen molar-refractivity contribution in [1.82, 2.24) is 9.47 Å². The summed E-state index contributed by atoms with van der Waals surface area (Å²) in [5, 5.41) is 0. The van der Waals surface area contributed by atoms with Crippen LogP contribution < -0.4 is 0 Å². The molecule has 8 nitrogen and oxygen atoms in total. The van der Waals surface area contributed by atoms with Crippen molar-refractivity contribution in [2.24, 2.45) is 0 Å². The van der Waals surface area contributed by atoms with Gasteiger partial charge in [0.15, 0.2) is 6.61 Å². The van der Waals surface area contributed by atoms with Crippen LogP contribution in [0.1, 0.15) is 65.8 Å². The molecule has 2 heterocycles. The molecule has 1 aromatic carbocycles. The zero-order valence-corrected chi connectivity index (χ0v) is 17.6. The Morgan fingerprint density at radius 1 is 1.07 bits per heavy atom. The highest BCUT2D eigenvalue weighted by atomic mass is 16.5. The van der Waals surface area contributed by atoms with Gasteiger partial charge in [0.25, 0.3) is 11.8 Å². The molecule has 3 rings (SSSR count). The van der Waals surface area contributed by atoms with Crippen molar-refractivity contribution < 1.29 is 28.7 Å². The van der Waals surface area contributed by atoms with Crippen LogP contribution in [-0.2, 0) is 9.47 Å². The lowest BCUT2D eigenvalue weighted by molar-refractivity contribution is 0.0474. The van der Waals surface area contributed by atoms with Gasteiger partial charge in [0.2, 0.25) is 5.78 Å². The van der Waals surface area contributed by atoms with Gasteiger partial charge in [-0.3, -0.25) is 19.3 Å². The number of hydrogen-bond acceptors (Lipinski definition) is 6. The Hall–Kier alpha value is -3.26. The largest absolute Gasteiger partial charge is 0.454 e. The number of hydrogen-bond donors (Lipinski definition) is 0. The van der Waals surface area contributed by atoms with Crippen LogP contribution in [-0.4, -0.2) is 60.4 Å². The third-order valence-electron chi connectivity index (χ3n) is 5.29. The molecule has 2 amide bonds. The van der Waals surface area contributed by atoms with E-state index in [0.29, 0.717) is 12.2 Å². The number of nitrogens with zero attached hydrogens (tertiary/aromatic N) is 2. The third-order valence-corrected chi connectivity index (χ3v) is 5.29. The third kappa shape index (κ3) is 3.66. The van der Waals surface area contributed by atoms with E-state index in [0.717, 1.165) is 16.3 Å². The molecule has 1 aliphatic heterocycles. The molecule has 1 atom stereocenters.